The second-order valence-corrected chi connectivity index (χ2v) is 23.0. The Balaban J connectivity index is 1.09. The van der Waals surface area contributed by atoms with Crippen LogP contribution in [0.4, 0.5) is 17.1 Å². The van der Waals surface area contributed by atoms with Crippen LogP contribution in [0.15, 0.2) is 243 Å². The van der Waals surface area contributed by atoms with E-state index >= 15 is 0 Å². The highest BCUT2D eigenvalue weighted by atomic mass is 15.2. The Bertz CT molecular complexity index is 4800. The predicted molar refractivity (Wildman–Crippen MR) is 335 cm³/mol. The lowest BCUT2D eigenvalue weighted by Gasteiger charge is -2.50. The van der Waals surface area contributed by atoms with Gasteiger partial charge in [-0.25, -0.2) is 0 Å². The average Bonchev–Trinajstić information content (AvgIpc) is 4.12. The molecule has 17 rings (SSSR count). The molecule has 3 aliphatic heterocycles. The Morgan fingerprint density at radius 3 is 1.67 bits per heavy atom. The summed E-state index contributed by atoms with van der Waals surface area (Å²) in [6, 6.07) is 93.0. The fraction of sp³-hybridized carbons (Fsp3) is 0.0933. The van der Waals surface area contributed by atoms with E-state index < -0.39 is 5.41 Å². The fourth-order valence-corrected chi connectivity index (χ4v) is 15.3. The van der Waals surface area contributed by atoms with E-state index in [0.29, 0.717) is 11.8 Å². The van der Waals surface area contributed by atoms with Gasteiger partial charge in [-0.2, -0.15) is 0 Å². The Kier molecular flexibility index (Phi) is 9.25. The molecule has 2 aromatic heterocycles. The molecule has 0 saturated carbocycles. The van der Waals surface area contributed by atoms with Crippen molar-refractivity contribution in [3.63, 3.8) is 0 Å². The van der Waals surface area contributed by atoms with E-state index in [1.807, 2.05) is 0 Å². The van der Waals surface area contributed by atoms with Crippen LogP contribution >= 0.6 is 0 Å². The molecule has 3 aliphatic rings. The van der Waals surface area contributed by atoms with Gasteiger partial charge < -0.3 is 14.0 Å². The van der Waals surface area contributed by atoms with E-state index in [2.05, 4.69) is 284 Å². The maximum atomic E-state index is 2.71. The van der Waals surface area contributed by atoms with Gasteiger partial charge >= 0.3 is 0 Å². The smallest absolute Gasteiger partial charge is 0.252 e. The molecule has 0 atom stereocenters. The van der Waals surface area contributed by atoms with Gasteiger partial charge in [-0.15, -0.1) is 0 Å². The van der Waals surface area contributed by atoms with Crippen LogP contribution in [0.25, 0.3) is 87.7 Å². The quantitative estimate of drug-likeness (QED) is 0.119. The molecule has 12 aromatic carbocycles. The summed E-state index contributed by atoms with van der Waals surface area (Å²) in [6.07, 6.45) is 0. The van der Waals surface area contributed by atoms with E-state index in [9.17, 15) is 0 Å². The number of benzene rings is 12. The van der Waals surface area contributed by atoms with Crippen LogP contribution in [0.5, 0.6) is 0 Å². The second kappa shape index (κ2) is 16.3. The van der Waals surface area contributed by atoms with Crippen LogP contribution in [0.1, 0.15) is 72.9 Å². The third-order valence-electron chi connectivity index (χ3n) is 18.5. The highest BCUT2D eigenvalue weighted by molar-refractivity contribution is 7.01. The molecule has 0 spiro atoms. The van der Waals surface area contributed by atoms with Crippen molar-refractivity contribution in [1.29, 1.82) is 0 Å². The van der Waals surface area contributed by atoms with E-state index in [-0.39, 0.29) is 6.71 Å². The zero-order chi connectivity index (χ0) is 52.4. The van der Waals surface area contributed by atoms with E-state index in [1.165, 1.54) is 149 Å². The second-order valence-electron chi connectivity index (χ2n) is 23.0. The van der Waals surface area contributed by atoms with E-state index in [4.69, 9.17) is 0 Å². The van der Waals surface area contributed by atoms with Gasteiger partial charge in [-0.3, -0.25) is 0 Å². The molecule has 14 aromatic rings. The number of nitrogens with zero attached hydrogens (tertiary/aromatic N) is 3. The third-order valence-corrected chi connectivity index (χ3v) is 18.5. The molecule has 4 heteroatoms. The first kappa shape index (κ1) is 44.7. The number of hydrogen-bond donors (Lipinski definition) is 0. The molecule has 3 nitrogen and oxygen atoms in total. The normalized spacial score (nSPS) is 13.8. The summed E-state index contributed by atoms with van der Waals surface area (Å²) < 4.78 is 5.25. The molecule has 0 bridgehead atoms. The maximum Gasteiger partial charge on any atom is 0.252 e. The van der Waals surface area contributed by atoms with Crippen molar-refractivity contribution in [3.8, 4) is 22.5 Å². The third kappa shape index (κ3) is 5.83. The molecule has 5 heterocycles. The number of anilines is 3. The summed E-state index contributed by atoms with van der Waals surface area (Å²) in [5.74, 6) is 0.713. The fourth-order valence-electron chi connectivity index (χ4n) is 15.3. The summed E-state index contributed by atoms with van der Waals surface area (Å²) >= 11 is 0. The average molecular weight is 1010 g/mol. The van der Waals surface area contributed by atoms with Gasteiger partial charge in [0.25, 0.3) is 6.71 Å². The monoisotopic (exact) mass is 1010 g/mol. The zero-order valence-electron chi connectivity index (χ0n) is 44.7. The molecule has 0 N–H and O–H groups in total. The Morgan fingerprint density at radius 2 is 0.962 bits per heavy atom. The van der Waals surface area contributed by atoms with Crippen LogP contribution in [0, 0.1) is 0 Å². The van der Waals surface area contributed by atoms with Gasteiger partial charge in [0.15, 0.2) is 0 Å². The lowest BCUT2D eigenvalue weighted by molar-refractivity contribution is 0.732. The van der Waals surface area contributed by atoms with Crippen LogP contribution in [0.3, 0.4) is 0 Å². The van der Waals surface area contributed by atoms with Crippen LogP contribution in [-0.4, -0.2) is 15.8 Å². The molecular formula is C75H54BN3. The maximum absolute atomic E-state index is 2.71. The van der Waals surface area contributed by atoms with Crippen molar-refractivity contribution in [2.75, 3.05) is 4.90 Å². The van der Waals surface area contributed by atoms with Gasteiger partial charge in [0.2, 0.25) is 0 Å². The van der Waals surface area contributed by atoms with Crippen molar-refractivity contribution < 1.29 is 0 Å². The minimum atomic E-state index is -0.628. The number of para-hydroxylation sites is 4. The van der Waals surface area contributed by atoms with Crippen molar-refractivity contribution >= 4 is 105 Å². The summed E-state index contributed by atoms with van der Waals surface area (Å²) in [7, 11) is 0. The Labute approximate surface area is 460 Å². The standard InChI is InChI=1S/C75H54BN3/c1-45(2)52-29-19-30-53(46(3)4)70(52)48-38-39-57-60-44-59-54-26-12-11-21-47(54)37-40-58(59)71-73(60)79(67(57)41-48)69-43-51(77-64-34-16-13-27-55(64)56-28-14-17-35-65(56)77)42-68-72(69)76(71)63-33-20-32-62-74(63)78(68)66-36-18-15-31-61(66)75(62,49-22-7-5-8-23-49)50-24-9-6-10-25-50/h5-46H,1-4H3. The molecule has 0 aliphatic carbocycles. The van der Waals surface area contributed by atoms with Crippen molar-refractivity contribution in [3.05, 3.63) is 276 Å². The van der Waals surface area contributed by atoms with E-state index in [1.54, 1.807) is 0 Å². The van der Waals surface area contributed by atoms with Crippen molar-refractivity contribution in [2.24, 2.45) is 0 Å². The summed E-state index contributed by atoms with van der Waals surface area (Å²) in [5.41, 5.74) is 24.8. The molecular weight excluding hydrogens is 954 g/mol. The number of aromatic nitrogens is 2. The van der Waals surface area contributed by atoms with Crippen molar-refractivity contribution in [1.82, 2.24) is 9.13 Å². The molecule has 0 radical (unpaired) electrons. The minimum Gasteiger partial charge on any atom is -0.311 e. The molecule has 0 unspecified atom stereocenters. The molecule has 0 amide bonds. The summed E-state index contributed by atoms with van der Waals surface area (Å²) in [6.45, 7) is 9.26. The first-order chi connectivity index (χ1) is 38.9. The van der Waals surface area contributed by atoms with Gasteiger partial charge in [0.1, 0.15) is 0 Å². The van der Waals surface area contributed by atoms with Gasteiger partial charge in [-0.05, 0) is 137 Å². The van der Waals surface area contributed by atoms with Crippen LogP contribution < -0.4 is 21.3 Å². The minimum absolute atomic E-state index is 0.115. The Hall–Kier alpha value is -9.38. The first-order valence-corrected chi connectivity index (χ1v) is 28.3. The predicted octanol–water partition coefficient (Wildman–Crippen LogP) is 17.4. The van der Waals surface area contributed by atoms with Crippen molar-refractivity contribution in [2.45, 2.75) is 44.9 Å². The zero-order valence-corrected chi connectivity index (χ0v) is 44.7. The van der Waals surface area contributed by atoms with Crippen LogP contribution in [0.2, 0.25) is 0 Å². The SMILES string of the molecule is CC(C)c1cccc(C(C)C)c1-c1ccc2c3cc4c(ccc5ccccc54)c4c3n(c2c1)-c1cc(-n2c3ccccc3c3ccccc32)cc2c1B4c1cccc3c1N2c1ccccc1C3(c1ccccc1)c1ccccc1. The topological polar surface area (TPSA) is 13.1 Å². The lowest BCUT2D eigenvalue weighted by Crippen LogP contribution is -2.62. The molecule has 0 saturated heterocycles. The number of fused-ring (bicyclic) bond motifs is 16. The molecule has 372 valence electrons. The highest BCUT2D eigenvalue weighted by Gasteiger charge is 2.52. The summed E-state index contributed by atoms with van der Waals surface area (Å²) in [4.78, 5) is 2.68. The number of hydrogen-bond acceptors (Lipinski definition) is 1. The van der Waals surface area contributed by atoms with Gasteiger partial charge in [0, 0.05) is 44.1 Å². The van der Waals surface area contributed by atoms with Gasteiger partial charge in [-0.1, -0.05) is 228 Å². The van der Waals surface area contributed by atoms with Gasteiger partial charge in [0.05, 0.1) is 33.3 Å². The summed E-state index contributed by atoms with van der Waals surface area (Å²) in [5, 5.41) is 10.2. The Morgan fingerprint density at radius 1 is 0.380 bits per heavy atom. The van der Waals surface area contributed by atoms with E-state index in [0.717, 1.165) is 5.69 Å². The molecule has 0 fully saturated rings. The lowest BCUT2D eigenvalue weighted by atomic mass is 9.32. The highest BCUT2D eigenvalue weighted by Crippen LogP contribution is 2.59. The molecule has 79 heavy (non-hydrogen) atoms. The largest absolute Gasteiger partial charge is 0.311 e. The van der Waals surface area contributed by atoms with Crippen LogP contribution in [-0.2, 0) is 5.41 Å². The first-order valence-electron chi connectivity index (χ1n) is 28.3. The number of rotatable bonds is 6.